The molecule has 1 fully saturated rings. The molecule has 0 saturated carbocycles. The van der Waals surface area contributed by atoms with Crippen LogP contribution in [-0.2, 0) is 9.59 Å². The van der Waals surface area contributed by atoms with Crippen LogP contribution in [-0.4, -0.2) is 60.8 Å². The first-order valence-electron chi connectivity index (χ1n) is 12.2. The number of rotatable bonds is 6. The third kappa shape index (κ3) is 5.04. The van der Waals surface area contributed by atoms with Gasteiger partial charge in [0.05, 0.1) is 37.3 Å². The number of ether oxygens (including phenoxy) is 2. The Kier molecular flexibility index (Phi) is 7.15. The second kappa shape index (κ2) is 10.1. The van der Waals surface area contributed by atoms with Crippen molar-refractivity contribution in [1.29, 1.82) is 0 Å². The number of likely N-dealkylation sites (tertiary alicyclic amines) is 1. The Hall–Kier alpha value is -3.35. The number of benzene rings is 2. The van der Waals surface area contributed by atoms with Gasteiger partial charge in [-0.3, -0.25) is 9.59 Å². The Balaban J connectivity index is 1.51. The predicted molar refractivity (Wildman–Crippen MR) is 136 cm³/mol. The topological polar surface area (TPSA) is 71.4 Å². The van der Waals surface area contributed by atoms with Crippen molar-refractivity contribution in [2.45, 2.75) is 52.0 Å². The van der Waals surface area contributed by atoms with Gasteiger partial charge in [-0.1, -0.05) is 44.2 Å². The molecule has 0 bridgehead atoms. The van der Waals surface area contributed by atoms with Crippen LogP contribution in [0.4, 0.5) is 0 Å². The number of amides is 2. The molecule has 0 spiro atoms. The molecular formula is C28H35N3O4. The molecule has 0 aliphatic carbocycles. The van der Waals surface area contributed by atoms with Crippen molar-refractivity contribution < 1.29 is 19.1 Å². The molecule has 0 unspecified atom stereocenters. The molecule has 4 rings (SSSR count). The van der Waals surface area contributed by atoms with E-state index in [9.17, 15) is 9.59 Å². The Bertz CT molecular complexity index is 1100. The summed E-state index contributed by atoms with van der Waals surface area (Å²) < 4.78 is 10.8. The molecule has 7 nitrogen and oxygen atoms in total. The molecule has 1 atom stereocenters. The van der Waals surface area contributed by atoms with Gasteiger partial charge in [-0.2, -0.15) is 5.10 Å². The summed E-state index contributed by atoms with van der Waals surface area (Å²) >= 11 is 0. The molecule has 2 aromatic rings. The van der Waals surface area contributed by atoms with E-state index in [1.165, 1.54) is 0 Å². The van der Waals surface area contributed by atoms with Gasteiger partial charge in [0.15, 0.2) is 11.5 Å². The van der Waals surface area contributed by atoms with Crippen molar-refractivity contribution in [3.63, 3.8) is 0 Å². The van der Waals surface area contributed by atoms with Crippen LogP contribution in [0.25, 0.3) is 0 Å². The summed E-state index contributed by atoms with van der Waals surface area (Å²) in [7, 11) is 3.22. The summed E-state index contributed by atoms with van der Waals surface area (Å²) in [5.74, 6) is 1.27. The van der Waals surface area contributed by atoms with Crippen LogP contribution in [0, 0.1) is 5.41 Å². The fraction of sp³-hybridized carbons (Fsp3) is 0.464. The molecule has 0 radical (unpaired) electrons. The standard InChI is InChI=1S/C28H35N3O4/c1-19(20-9-7-6-8-10-20)26(32)30-15-13-22(14-16-30)31-27(33)28(2,3)18-23(29-31)21-11-12-24(34-4)25(17-21)35-5/h6-12,17,19,22H,13-16,18H2,1-5H3/t19-/m0/s1. The van der Waals surface area contributed by atoms with E-state index in [-0.39, 0.29) is 23.8 Å². The number of nitrogens with zero attached hydrogens (tertiary/aromatic N) is 3. The van der Waals surface area contributed by atoms with Gasteiger partial charge in [0.25, 0.3) is 0 Å². The van der Waals surface area contributed by atoms with Gasteiger partial charge >= 0.3 is 0 Å². The quantitative estimate of drug-likeness (QED) is 0.616. The van der Waals surface area contributed by atoms with Gasteiger partial charge in [0, 0.05) is 25.1 Å². The number of piperidine rings is 1. The van der Waals surface area contributed by atoms with Gasteiger partial charge in [-0.05, 0) is 43.5 Å². The van der Waals surface area contributed by atoms with Gasteiger partial charge in [0.1, 0.15) is 0 Å². The van der Waals surface area contributed by atoms with Crippen LogP contribution in [0.1, 0.15) is 57.1 Å². The molecule has 1 saturated heterocycles. The first kappa shape index (κ1) is 24.8. The fourth-order valence-corrected chi connectivity index (χ4v) is 4.93. The Morgan fingerprint density at radius 3 is 2.31 bits per heavy atom. The maximum atomic E-state index is 13.3. The van der Waals surface area contributed by atoms with Crippen LogP contribution < -0.4 is 9.47 Å². The summed E-state index contributed by atoms with van der Waals surface area (Å²) in [5, 5.41) is 6.52. The van der Waals surface area contributed by atoms with E-state index in [4.69, 9.17) is 14.6 Å². The number of carbonyl (C=O) groups excluding carboxylic acids is 2. The van der Waals surface area contributed by atoms with Crippen LogP contribution >= 0.6 is 0 Å². The second-order valence-corrected chi connectivity index (χ2v) is 10.0. The lowest BCUT2D eigenvalue weighted by atomic mass is 9.82. The molecule has 2 amide bonds. The molecule has 7 heteroatoms. The van der Waals surface area contributed by atoms with Gasteiger partial charge < -0.3 is 14.4 Å². The SMILES string of the molecule is COc1ccc(C2=NN(C3CCN(C(=O)[C@@H](C)c4ccccc4)CC3)C(=O)C(C)(C)C2)cc1OC. The number of hydrogen-bond acceptors (Lipinski definition) is 5. The zero-order valence-corrected chi connectivity index (χ0v) is 21.3. The minimum absolute atomic E-state index is 0.0316. The van der Waals surface area contributed by atoms with E-state index in [1.54, 1.807) is 19.2 Å². The number of hydrogen-bond donors (Lipinski definition) is 0. The lowest BCUT2D eigenvalue weighted by Crippen LogP contribution is -2.52. The van der Waals surface area contributed by atoms with E-state index >= 15 is 0 Å². The normalized spacial score (nSPS) is 19.2. The zero-order valence-electron chi connectivity index (χ0n) is 21.3. The fourth-order valence-electron chi connectivity index (χ4n) is 4.93. The van der Waals surface area contributed by atoms with Crippen LogP contribution in [0.3, 0.4) is 0 Å². The zero-order chi connectivity index (χ0) is 25.2. The summed E-state index contributed by atoms with van der Waals surface area (Å²) in [6.07, 6.45) is 1.96. The third-order valence-corrected chi connectivity index (χ3v) is 7.13. The first-order valence-corrected chi connectivity index (χ1v) is 12.2. The first-order chi connectivity index (χ1) is 16.7. The lowest BCUT2D eigenvalue weighted by Gasteiger charge is -2.42. The summed E-state index contributed by atoms with van der Waals surface area (Å²) in [5.41, 5.74) is 2.22. The van der Waals surface area contributed by atoms with Crippen LogP contribution in [0.2, 0.25) is 0 Å². The van der Waals surface area contributed by atoms with Gasteiger partial charge in [-0.15, -0.1) is 0 Å². The largest absolute Gasteiger partial charge is 0.493 e. The highest BCUT2D eigenvalue weighted by atomic mass is 16.5. The molecule has 0 aromatic heterocycles. The molecular weight excluding hydrogens is 442 g/mol. The van der Waals surface area contributed by atoms with Crippen molar-refractivity contribution >= 4 is 17.5 Å². The molecule has 186 valence electrons. The maximum absolute atomic E-state index is 13.3. The molecule has 2 aliphatic rings. The third-order valence-electron chi connectivity index (χ3n) is 7.13. The molecule has 0 N–H and O–H groups in total. The molecule has 2 aliphatic heterocycles. The second-order valence-electron chi connectivity index (χ2n) is 10.0. The van der Waals surface area contributed by atoms with E-state index in [0.717, 1.165) is 16.8 Å². The summed E-state index contributed by atoms with van der Waals surface area (Å²) in [6, 6.07) is 15.6. The van der Waals surface area contributed by atoms with Crippen LogP contribution in [0.15, 0.2) is 53.6 Å². The van der Waals surface area contributed by atoms with E-state index < -0.39 is 5.41 Å². The van der Waals surface area contributed by atoms with Gasteiger partial charge in [0.2, 0.25) is 11.8 Å². The van der Waals surface area contributed by atoms with Crippen molar-refractivity contribution in [2.24, 2.45) is 10.5 Å². The summed E-state index contributed by atoms with van der Waals surface area (Å²) in [4.78, 5) is 28.4. The Morgan fingerprint density at radius 1 is 1.03 bits per heavy atom. The minimum Gasteiger partial charge on any atom is -0.493 e. The minimum atomic E-state index is -0.570. The predicted octanol–water partition coefficient (Wildman–Crippen LogP) is 4.46. The highest BCUT2D eigenvalue weighted by Crippen LogP contribution is 2.36. The van der Waals surface area contributed by atoms with Crippen molar-refractivity contribution in [1.82, 2.24) is 9.91 Å². The highest BCUT2D eigenvalue weighted by Gasteiger charge is 2.42. The highest BCUT2D eigenvalue weighted by molar-refractivity contribution is 6.06. The average Bonchev–Trinajstić information content (AvgIpc) is 2.89. The average molecular weight is 478 g/mol. The van der Waals surface area contributed by atoms with Crippen LogP contribution in [0.5, 0.6) is 11.5 Å². The van der Waals surface area contributed by atoms with Crippen molar-refractivity contribution in [3.8, 4) is 11.5 Å². The Labute approximate surface area is 207 Å². The molecule has 2 aromatic carbocycles. The number of hydrazone groups is 1. The summed E-state index contributed by atoms with van der Waals surface area (Å²) in [6.45, 7) is 7.13. The smallest absolute Gasteiger partial charge is 0.248 e. The Morgan fingerprint density at radius 2 is 1.69 bits per heavy atom. The maximum Gasteiger partial charge on any atom is 0.248 e. The molecule has 35 heavy (non-hydrogen) atoms. The molecule has 2 heterocycles. The number of carbonyl (C=O) groups is 2. The lowest BCUT2D eigenvalue weighted by molar-refractivity contribution is -0.145. The number of methoxy groups -OCH3 is 2. The van der Waals surface area contributed by atoms with Crippen molar-refractivity contribution in [2.75, 3.05) is 27.3 Å². The van der Waals surface area contributed by atoms with Gasteiger partial charge in [-0.25, -0.2) is 5.01 Å². The van der Waals surface area contributed by atoms with E-state index in [1.807, 2.05) is 74.2 Å². The van der Waals surface area contributed by atoms with E-state index in [2.05, 4.69) is 0 Å². The van der Waals surface area contributed by atoms with Crippen molar-refractivity contribution in [3.05, 3.63) is 59.7 Å². The van der Waals surface area contributed by atoms with E-state index in [0.29, 0.717) is 43.9 Å². The monoisotopic (exact) mass is 477 g/mol.